The lowest BCUT2D eigenvalue weighted by Crippen LogP contribution is -2.48. The summed E-state index contributed by atoms with van der Waals surface area (Å²) in [6.45, 7) is 10.2. The van der Waals surface area contributed by atoms with Crippen molar-refractivity contribution in [2.24, 2.45) is 11.8 Å². The van der Waals surface area contributed by atoms with Gasteiger partial charge in [-0.05, 0) is 36.0 Å². The highest BCUT2D eigenvalue weighted by molar-refractivity contribution is 7.13. The summed E-state index contributed by atoms with van der Waals surface area (Å²) in [5.41, 5.74) is 4.85. The summed E-state index contributed by atoms with van der Waals surface area (Å²) in [5, 5.41) is 20.7. The molecule has 214 valence electrons. The highest BCUT2D eigenvalue weighted by Gasteiger charge is 2.43. The molecule has 2 aromatic heterocycles. The van der Waals surface area contributed by atoms with E-state index < -0.39 is 18.1 Å². The molecule has 2 aliphatic heterocycles. The molecule has 2 amide bonds. The van der Waals surface area contributed by atoms with Gasteiger partial charge in [-0.25, -0.2) is 4.98 Å². The number of β-amino-alcohol motifs (C(OH)–C–C–N with tert-alkyl or cyclic N) is 1. The zero-order chi connectivity index (χ0) is 28.4. The summed E-state index contributed by atoms with van der Waals surface area (Å²) >= 11 is 1.60. The van der Waals surface area contributed by atoms with Crippen molar-refractivity contribution in [1.82, 2.24) is 25.7 Å². The van der Waals surface area contributed by atoms with E-state index in [0.717, 1.165) is 34.8 Å². The molecule has 0 bridgehead atoms. The first kappa shape index (κ1) is 28.3. The first-order chi connectivity index (χ1) is 19.2. The second kappa shape index (κ2) is 12.1. The Balaban J connectivity index is 1.25. The Kier molecular flexibility index (Phi) is 8.53. The van der Waals surface area contributed by atoms with Crippen molar-refractivity contribution in [3.05, 3.63) is 52.9 Å². The lowest BCUT2D eigenvalue weighted by Gasteiger charge is -2.29. The van der Waals surface area contributed by atoms with E-state index >= 15 is 0 Å². The van der Waals surface area contributed by atoms with Crippen LogP contribution in [0.2, 0.25) is 0 Å². The van der Waals surface area contributed by atoms with E-state index in [-0.39, 0.29) is 36.7 Å². The zero-order valence-corrected chi connectivity index (χ0v) is 24.1. The summed E-state index contributed by atoms with van der Waals surface area (Å²) in [7, 11) is 0. The maximum absolute atomic E-state index is 13.8. The average Bonchev–Trinajstić information content (AvgIpc) is 3.63. The SMILES string of the molecule is Cc1ncsc1-c1ccc([C@H](C)NC(=O)[C@@H]2C[C@@H](O)CN2C(=O)[C@H](c2cc(OCC3CNC3)no2)C(C)C)cc1. The third kappa shape index (κ3) is 6.06. The summed E-state index contributed by atoms with van der Waals surface area (Å²) in [6.07, 6.45) is -0.603. The van der Waals surface area contributed by atoms with Gasteiger partial charge in [-0.2, -0.15) is 0 Å². The molecule has 0 saturated carbocycles. The van der Waals surface area contributed by atoms with Gasteiger partial charge < -0.3 is 29.9 Å². The number of amides is 2. The minimum atomic E-state index is -0.783. The van der Waals surface area contributed by atoms with Crippen LogP contribution in [-0.2, 0) is 9.59 Å². The van der Waals surface area contributed by atoms with Gasteiger partial charge in [-0.1, -0.05) is 38.1 Å². The van der Waals surface area contributed by atoms with Gasteiger partial charge in [0, 0.05) is 38.0 Å². The average molecular weight is 568 g/mol. The molecule has 2 fully saturated rings. The Morgan fingerprint density at radius 1 is 1.25 bits per heavy atom. The van der Waals surface area contributed by atoms with Gasteiger partial charge in [-0.3, -0.25) is 9.59 Å². The van der Waals surface area contributed by atoms with Gasteiger partial charge >= 0.3 is 0 Å². The molecule has 10 nitrogen and oxygen atoms in total. The fourth-order valence-electron chi connectivity index (χ4n) is 5.27. The molecule has 1 aromatic carbocycles. The molecule has 0 aliphatic carbocycles. The molecule has 3 N–H and O–H groups in total. The number of benzene rings is 1. The molecule has 2 aliphatic rings. The number of aromatic nitrogens is 2. The van der Waals surface area contributed by atoms with Crippen LogP contribution in [0.4, 0.5) is 0 Å². The van der Waals surface area contributed by atoms with Gasteiger partial charge in [0.2, 0.25) is 11.8 Å². The zero-order valence-electron chi connectivity index (χ0n) is 23.3. The van der Waals surface area contributed by atoms with Gasteiger partial charge in [0.25, 0.3) is 5.88 Å². The molecule has 0 spiro atoms. The predicted octanol–water partition coefficient (Wildman–Crippen LogP) is 3.28. The molecule has 4 heterocycles. The minimum absolute atomic E-state index is 0.0869. The van der Waals surface area contributed by atoms with E-state index in [1.54, 1.807) is 17.4 Å². The molecule has 3 aromatic rings. The summed E-state index contributed by atoms with van der Waals surface area (Å²) in [5.74, 6) is -0.155. The number of hydrogen-bond donors (Lipinski definition) is 3. The van der Waals surface area contributed by atoms with Crippen LogP contribution in [0.5, 0.6) is 5.88 Å². The van der Waals surface area contributed by atoms with E-state index in [2.05, 4.69) is 20.8 Å². The van der Waals surface area contributed by atoms with Crippen LogP contribution in [0, 0.1) is 18.8 Å². The maximum atomic E-state index is 13.8. The molecule has 5 rings (SSSR count). The lowest BCUT2D eigenvalue weighted by molar-refractivity contribution is -0.141. The van der Waals surface area contributed by atoms with Crippen LogP contribution in [-0.4, -0.2) is 70.3 Å². The van der Waals surface area contributed by atoms with Crippen LogP contribution in [0.3, 0.4) is 0 Å². The van der Waals surface area contributed by atoms with Crippen molar-refractivity contribution < 1.29 is 24.0 Å². The molecule has 40 heavy (non-hydrogen) atoms. The molecule has 2 saturated heterocycles. The summed E-state index contributed by atoms with van der Waals surface area (Å²) in [6, 6.07) is 8.64. The van der Waals surface area contributed by atoms with Gasteiger partial charge in [0.1, 0.15) is 12.0 Å². The second-order valence-electron chi connectivity index (χ2n) is 11.1. The van der Waals surface area contributed by atoms with Crippen molar-refractivity contribution in [3.63, 3.8) is 0 Å². The molecular weight excluding hydrogens is 530 g/mol. The highest BCUT2D eigenvalue weighted by Crippen LogP contribution is 2.33. The van der Waals surface area contributed by atoms with Crippen molar-refractivity contribution >= 4 is 23.2 Å². The number of nitrogens with one attached hydrogen (secondary N) is 2. The van der Waals surface area contributed by atoms with Gasteiger partial charge in [0.05, 0.1) is 34.8 Å². The monoisotopic (exact) mass is 567 g/mol. The van der Waals surface area contributed by atoms with Crippen LogP contribution in [0.15, 0.2) is 40.4 Å². The molecule has 11 heteroatoms. The molecule has 4 atom stereocenters. The van der Waals surface area contributed by atoms with Crippen LogP contribution in [0.1, 0.15) is 56.2 Å². The van der Waals surface area contributed by atoms with E-state index in [4.69, 9.17) is 9.26 Å². The number of nitrogens with zero attached hydrogens (tertiary/aromatic N) is 3. The lowest BCUT2D eigenvalue weighted by atomic mass is 9.91. The number of likely N-dealkylation sites (tertiary alicyclic amines) is 1. The number of carbonyl (C=O) groups excluding carboxylic acids is 2. The third-order valence-corrected chi connectivity index (χ3v) is 8.70. The maximum Gasteiger partial charge on any atom is 0.254 e. The molecular formula is C29H37N5O5S. The molecule has 0 radical (unpaired) electrons. The fourth-order valence-corrected chi connectivity index (χ4v) is 6.08. The van der Waals surface area contributed by atoms with Crippen molar-refractivity contribution in [2.75, 3.05) is 26.2 Å². The first-order valence-corrected chi connectivity index (χ1v) is 14.7. The Bertz CT molecular complexity index is 1320. The Labute approximate surface area is 238 Å². The first-order valence-electron chi connectivity index (χ1n) is 13.8. The van der Waals surface area contributed by atoms with Crippen LogP contribution in [0.25, 0.3) is 10.4 Å². The van der Waals surface area contributed by atoms with Crippen molar-refractivity contribution in [3.8, 4) is 16.3 Å². The standard InChI is InChI=1S/C29H37N5O5S/c1-16(2)26(24-10-25(33-39-24)38-14-19-11-30-12-19)29(37)34-13-22(35)9-23(34)28(36)32-17(3)20-5-7-21(8-6-20)27-18(4)31-15-40-27/h5-8,10,15-17,19,22-23,26,30,35H,9,11-14H2,1-4H3,(H,32,36)/t17-,22+,23-,26-/m0/s1. The van der Waals surface area contributed by atoms with Crippen LogP contribution >= 0.6 is 11.3 Å². The predicted molar refractivity (Wildman–Crippen MR) is 151 cm³/mol. The van der Waals surface area contributed by atoms with Crippen molar-refractivity contribution in [1.29, 1.82) is 0 Å². The van der Waals surface area contributed by atoms with Gasteiger partial charge in [0.15, 0.2) is 5.76 Å². The number of aliphatic hydroxyl groups is 1. The highest BCUT2D eigenvalue weighted by atomic mass is 32.1. The normalized spacial score (nSPS) is 20.8. The Hall–Kier alpha value is -3.28. The van der Waals surface area contributed by atoms with Crippen molar-refractivity contribution in [2.45, 2.75) is 58.2 Å². The smallest absolute Gasteiger partial charge is 0.254 e. The van der Waals surface area contributed by atoms with E-state index in [0.29, 0.717) is 24.2 Å². The van der Waals surface area contributed by atoms with E-state index in [1.165, 1.54) is 4.90 Å². The number of hydrogen-bond acceptors (Lipinski definition) is 9. The van der Waals surface area contributed by atoms with Crippen LogP contribution < -0.4 is 15.4 Å². The van der Waals surface area contributed by atoms with E-state index in [9.17, 15) is 14.7 Å². The molecule has 0 unspecified atom stereocenters. The third-order valence-electron chi connectivity index (χ3n) is 7.72. The minimum Gasteiger partial charge on any atom is -0.475 e. The number of thiazole rings is 1. The topological polar surface area (TPSA) is 130 Å². The number of carbonyl (C=O) groups is 2. The Morgan fingerprint density at radius 2 is 2.00 bits per heavy atom. The number of aliphatic hydroxyl groups excluding tert-OH is 1. The van der Waals surface area contributed by atoms with Gasteiger partial charge in [-0.15, -0.1) is 11.3 Å². The summed E-state index contributed by atoms with van der Waals surface area (Å²) in [4.78, 5) is 34.1. The number of ether oxygens (including phenoxy) is 1. The number of rotatable bonds is 10. The quantitative estimate of drug-likeness (QED) is 0.340. The number of aryl methyl sites for hydroxylation is 1. The second-order valence-corrected chi connectivity index (χ2v) is 12.0. The Morgan fingerprint density at radius 3 is 2.62 bits per heavy atom. The fraction of sp³-hybridized carbons (Fsp3) is 0.517. The van der Waals surface area contributed by atoms with E-state index in [1.807, 2.05) is 57.5 Å². The summed E-state index contributed by atoms with van der Waals surface area (Å²) < 4.78 is 11.3. The largest absolute Gasteiger partial charge is 0.475 e.